The van der Waals surface area contributed by atoms with Crippen LogP contribution in [0.25, 0.3) is 0 Å². The van der Waals surface area contributed by atoms with Crippen molar-refractivity contribution in [2.45, 2.75) is 20.8 Å². The molecule has 3 rings (SSSR count). The van der Waals surface area contributed by atoms with Gasteiger partial charge < -0.3 is 15.1 Å². The quantitative estimate of drug-likeness (QED) is 0.901. The second kappa shape index (κ2) is 7.62. The molecule has 1 fully saturated rings. The molecule has 1 aliphatic heterocycles. The van der Waals surface area contributed by atoms with Crippen LogP contribution in [0, 0.1) is 16.7 Å². The van der Waals surface area contributed by atoms with E-state index < -0.39 is 5.41 Å². The first-order valence-electron chi connectivity index (χ1n) is 9.00. The largest absolute Gasteiger partial charge is 0.367 e. The Kier molecular flexibility index (Phi) is 5.26. The van der Waals surface area contributed by atoms with Crippen molar-refractivity contribution in [1.82, 2.24) is 9.97 Å². The van der Waals surface area contributed by atoms with Gasteiger partial charge in [0.05, 0.1) is 17.4 Å². The average molecular weight is 364 g/mol. The van der Waals surface area contributed by atoms with E-state index in [4.69, 9.17) is 5.26 Å². The van der Waals surface area contributed by atoms with Gasteiger partial charge in [-0.05, 0) is 24.3 Å². The molecule has 1 aliphatic rings. The fraction of sp³-hybridized carbons (Fsp3) is 0.400. The van der Waals surface area contributed by atoms with Gasteiger partial charge in [-0.2, -0.15) is 5.26 Å². The highest BCUT2D eigenvalue weighted by atomic mass is 16.2. The molecular weight excluding hydrogens is 340 g/mol. The lowest BCUT2D eigenvalue weighted by Gasteiger charge is -2.36. The number of carbonyl (C=O) groups is 1. The smallest absolute Gasteiger partial charge is 0.230 e. The minimum absolute atomic E-state index is 0.0497. The predicted octanol–water partition coefficient (Wildman–Crippen LogP) is 2.66. The van der Waals surface area contributed by atoms with Crippen LogP contribution in [-0.4, -0.2) is 42.1 Å². The highest BCUT2D eigenvalue weighted by Gasteiger charge is 2.22. The molecule has 0 unspecified atom stereocenters. The molecule has 3 heterocycles. The van der Waals surface area contributed by atoms with E-state index in [-0.39, 0.29) is 5.91 Å². The van der Waals surface area contributed by atoms with Crippen molar-refractivity contribution >= 4 is 23.2 Å². The molecule has 0 spiro atoms. The summed E-state index contributed by atoms with van der Waals surface area (Å²) in [5, 5.41) is 11.7. The summed E-state index contributed by atoms with van der Waals surface area (Å²) in [7, 11) is 0. The molecule has 0 radical (unpaired) electrons. The number of aromatic nitrogens is 2. The van der Waals surface area contributed by atoms with Gasteiger partial charge in [-0.15, -0.1) is 0 Å². The molecule has 7 nitrogen and oxygen atoms in total. The molecule has 27 heavy (non-hydrogen) atoms. The molecule has 2 aromatic rings. The molecule has 1 amide bonds. The number of pyridine rings is 2. The van der Waals surface area contributed by atoms with E-state index in [1.54, 1.807) is 18.5 Å². The van der Waals surface area contributed by atoms with Gasteiger partial charge in [0, 0.05) is 37.8 Å². The molecule has 0 aromatic carbocycles. The van der Waals surface area contributed by atoms with Crippen LogP contribution in [0.4, 0.5) is 17.3 Å². The first-order valence-corrected chi connectivity index (χ1v) is 9.00. The summed E-state index contributed by atoms with van der Waals surface area (Å²) < 4.78 is 0. The zero-order valence-electron chi connectivity index (χ0n) is 15.9. The summed E-state index contributed by atoms with van der Waals surface area (Å²) in [6.45, 7) is 9.04. The lowest BCUT2D eigenvalue weighted by Crippen LogP contribution is -2.46. The van der Waals surface area contributed by atoms with Crippen LogP contribution in [0.1, 0.15) is 26.3 Å². The van der Waals surface area contributed by atoms with Gasteiger partial charge in [0.15, 0.2) is 0 Å². The molecule has 0 bridgehead atoms. The van der Waals surface area contributed by atoms with Gasteiger partial charge >= 0.3 is 0 Å². The van der Waals surface area contributed by atoms with Crippen molar-refractivity contribution in [2.75, 3.05) is 41.3 Å². The van der Waals surface area contributed by atoms with Crippen molar-refractivity contribution in [3.05, 3.63) is 42.2 Å². The maximum absolute atomic E-state index is 12.0. The SMILES string of the molecule is CC(C)(C)C(=O)Nc1ccc(N2CCN(c3ccc(C#N)cn3)CC2)cn1. The van der Waals surface area contributed by atoms with Gasteiger partial charge in [-0.1, -0.05) is 20.8 Å². The lowest BCUT2D eigenvalue weighted by molar-refractivity contribution is -0.123. The normalized spacial score (nSPS) is 14.6. The number of carbonyl (C=O) groups excluding carboxylic acids is 1. The Morgan fingerprint density at radius 1 is 1.04 bits per heavy atom. The van der Waals surface area contributed by atoms with E-state index in [9.17, 15) is 4.79 Å². The minimum Gasteiger partial charge on any atom is -0.367 e. The Balaban J connectivity index is 1.57. The van der Waals surface area contributed by atoms with Crippen LogP contribution >= 0.6 is 0 Å². The van der Waals surface area contributed by atoms with Gasteiger partial charge in [-0.25, -0.2) is 9.97 Å². The van der Waals surface area contributed by atoms with Crippen molar-refractivity contribution < 1.29 is 4.79 Å². The van der Waals surface area contributed by atoms with Crippen LogP contribution in [-0.2, 0) is 4.79 Å². The maximum atomic E-state index is 12.0. The Morgan fingerprint density at radius 3 is 2.26 bits per heavy atom. The molecule has 0 saturated carbocycles. The Labute approximate surface area is 159 Å². The monoisotopic (exact) mass is 364 g/mol. The number of piperazine rings is 1. The number of anilines is 3. The van der Waals surface area contributed by atoms with Crippen LogP contribution in [0.3, 0.4) is 0 Å². The number of nitriles is 1. The van der Waals surface area contributed by atoms with Crippen molar-refractivity contribution in [3.63, 3.8) is 0 Å². The third kappa shape index (κ3) is 4.53. The molecule has 0 atom stereocenters. The zero-order valence-corrected chi connectivity index (χ0v) is 15.9. The van der Waals surface area contributed by atoms with Crippen molar-refractivity contribution in [2.24, 2.45) is 5.41 Å². The topological polar surface area (TPSA) is 85.2 Å². The van der Waals surface area contributed by atoms with Gasteiger partial charge in [0.1, 0.15) is 17.7 Å². The van der Waals surface area contributed by atoms with Gasteiger partial charge in [0.25, 0.3) is 0 Å². The molecule has 140 valence electrons. The van der Waals surface area contributed by atoms with E-state index in [0.29, 0.717) is 11.4 Å². The predicted molar refractivity (Wildman–Crippen MR) is 106 cm³/mol. The fourth-order valence-corrected chi connectivity index (χ4v) is 2.78. The zero-order chi connectivity index (χ0) is 19.4. The first kappa shape index (κ1) is 18.6. The Bertz CT molecular complexity index is 825. The van der Waals surface area contributed by atoms with Crippen LogP contribution < -0.4 is 15.1 Å². The molecule has 0 aliphatic carbocycles. The second-order valence-electron chi connectivity index (χ2n) is 7.60. The van der Waals surface area contributed by atoms with E-state index >= 15 is 0 Å². The molecule has 7 heteroatoms. The molecule has 2 aromatic heterocycles. The summed E-state index contributed by atoms with van der Waals surface area (Å²) in [5.74, 6) is 1.41. The van der Waals surface area contributed by atoms with E-state index in [1.807, 2.05) is 39.0 Å². The van der Waals surface area contributed by atoms with E-state index in [0.717, 1.165) is 37.7 Å². The number of hydrogen-bond donors (Lipinski definition) is 1. The molecular formula is C20H24N6O. The Hall–Kier alpha value is -3.14. The fourth-order valence-electron chi connectivity index (χ4n) is 2.78. The van der Waals surface area contributed by atoms with Crippen molar-refractivity contribution in [1.29, 1.82) is 5.26 Å². The second-order valence-corrected chi connectivity index (χ2v) is 7.60. The number of hydrogen-bond acceptors (Lipinski definition) is 6. The Morgan fingerprint density at radius 2 is 1.74 bits per heavy atom. The molecule has 1 saturated heterocycles. The first-order chi connectivity index (χ1) is 12.9. The summed E-state index contributed by atoms with van der Waals surface area (Å²) in [5.41, 5.74) is 1.16. The number of nitrogens with zero attached hydrogens (tertiary/aromatic N) is 5. The third-order valence-electron chi connectivity index (χ3n) is 4.52. The van der Waals surface area contributed by atoms with E-state index in [1.165, 1.54) is 0 Å². The average Bonchev–Trinajstić information content (AvgIpc) is 2.68. The van der Waals surface area contributed by atoms with Crippen LogP contribution in [0.15, 0.2) is 36.7 Å². The van der Waals surface area contributed by atoms with Crippen LogP contribution in [0.5, 0.6) is 0 Å². The van der Waals surface area contributed by atoms with Crippen LogP contribution in [0.2, 0.25) is 0 Å². The standard InChI is InChI=1S/C20H24N6O/c1-20(2,3)19(27)24-17-6-5-16(14-22-17)25-8-10-26(11-9-25)18-7-4-15(12-21)13-23-18/h4-7,13-14H,8-11H2,1-3H3,(H,22,24,27). The van der Waals surface area contributed by atoms with Gasteiger partial charge in [0.2, 0.25) is 5.91 Å². The highest BCUT2D eigenvalue weighted by Crippen LogP contribution is 2.21. The summed E-state index contributed by atoms with van der Waals surface area (Å²) in [6, 6.07) is 9.60. The number of nitrogens with one attached hydrogen (secondary N) is 1. The minimum atomic E-state index is -0.448. The van der Waals surface area contributed by atoms with Gasteiger partial charge in [-0.3, -0.25) is 4.79 Å². The number of amides is 1. The summed E-state index contributed by atoms with van der Waals surface area (Å²) in [4.78, 5) is 25.3. The number of rotatable bonds is 3. The summed E-state index contributed by atoms with van der Waals surface area (Å²) >= 11 is 0. The highest BCUT2D eigenvalue weighted by molar-refractivity contribution is 5.93. The summed E-state index contributed by atoms with van der Waals surface area (Å²) in [6.07, 6.45) is 3.41. The molecule has 1 N–H and O–H groups in total. The third-order valence-corrected chi connectivity index (χ3v) is 4.52. The van der Waals surface area contributed by atoms with Crippen molar-refractivity contribution in [3.8, 4) is 6.07 Å². The maximum Gasteiger partial charge on any atom is 0.230 e. The lowest BCUT2D eigenvalue weighted by atomic mass is 9.96. The van der Waals surface area contributed by atoms with E-state index in [2.05, 4.69) is 31.2 Å².